The largest absolute Gasteiger partial charge is 0.496 e. The van der Waals surface area contributed by atoms with Crippen molar-refractivity contribution >= 4 is 66.6 Å². The number of nitrogens with zero attached hydrogens (tertiary/aromatic N) is 1. The lowest BCUT2D eigenvalue weighted by atomic mass is 10.1. The SMILES string of the molecule is COc1cc2cc(C(=O)NCCC(=O)O)sc2cc1CCCCOc1c(OC)cc2sc(C(=O)CCC(=O)O)nc2c1F. The molecule has 3 N–H and O–H groups in total. The first kappa shape index (κ1) is 31.6. The Kier molecular flexibility index (Phi) is 10.5. The number of aliphatic carboxylic acids is 2. The van der Waals surface area contributed by atoms with Crippen LogP contribution in [-0.2, 0) is 16.0 Å². The summed E-state index contributed by atoms with van der Waals surface area (Å²) in [6, 6.07) is 7.10. The van der Waals surface area contributed by atoms with Gasteiger partial charge in [0.2, 0.25) is 0 Å². The maximum absolute atomic E-state index is 15.4. The number of rotatable bonds is 16. The summed E-state index contributed by atoms with van der Waals surface area (Å²) in [4.78, 5) is 50.7. The normalized spacial score (nSPS) is 11.0. The van der Waals surface area contributed by atoms with Gasteiger partial charge in [0.25, 0.3) is 5.91 Å². The molecular weight excluding hydrogens is 603 g/mol. The first-order valence-electron chi connectivity index (χ1n) is 13.3. The van der Waals surface area contributed by atoms with E-state index >= 15 is 4.39 Å². The number of unbranched alkanes of at least 4 members (excludes halogenated alkanes) is 1. The third-order valence-corrected chi connectivity index (χ3v) is 8.57. The highest BCUT2D eigenvalue weighted by atomic mass is 32.1. The van der Waals surface area contributed by atoms with Gasteiger partial charge in [-0.05, 0) is 48.4 Å². The minimum atomic E-state index is -1.10. The van der Waals surface area contributed by atoms with Gasteiger partial charge in [0.05, 0.1) is 43.2 Å². The highest BCUT2D eigenvalue weighted by Gasteiger charge is 2.22. The lowest BCUT2D eigenvalue weighted by Gasteiger charge is -2.12. The van der Waals surface area contributed by atoms with Gasteiger partial charge in [0.1, 0.15) is 11.3 Å². The van der Waals surface area contributed by atoms with Crippen LogP contribution in [0.4, 0.5) is 4.39 Å². The molecular formula is C29H29FN2O9S2. The van der Waals surface area contributed by atoms with E-state index in [0.717, 1.165) is 27.0 Å². The number of hydrogen-bond donors (Lipinski definition) is 3. The highest BCUT2D eigenvalue weighted by Crippen LogP contribution is 2.39. The van der Waals surface area contributed by atoms with Crippen molar-refractivity contribution in [2.45, 2.75) is 38.5 Å². The second kappa shape index (κ2) is 14.2. The molecule has 4 rings (SSSR count). The molecule has 4 aromatic rings. The Morgan fingerprint density at radius 2 is 1.65 bits per heavy atom. The zero-order valence-corrected chi connectivity index (χ0v) is 25.0. The van der Waals surface area contributed by atoms with Gasteiger partial charge in [0, 0.05) is 23.7 Å². The Hall–Kier alpha value is -4.30. The number of methoxy groups -OCH3 is 2. The number of carbonyl (C=O) groups excluding carboxylic acids is 2. The number of hydrogen-bond acceptors (Lipinski definition) is 10. The summed E-state index contributed by atoms with van der Waals surface area (Å²) in [5.74, 6) is -2.94. The number of thiophene rings is 1. The van der Waals surface area contributed by atoms with E-state index in [0.29, 0.717) is 34.6 Å². The van der Waals surface area contributed by atoms with E-state index in [9.17, 15) is 19.2 Å². The van der Waals surface area contributed by atoms with Crippen molar-refractivity contribution in [3.63, 3.8) is 0 Å². The van der Waals surface area contributed by atoms with Crippen LogP contribution in [0.15, 0.2) is 24.3 Å². The summed E-state index contributed by atoms with van der Waals surface area (Å²) in [6.45, 7) is 0.222. The van der Waals surface area contributed by atoms with E-state index in [-0.39, 0.29) is 60.3 Å². The maximum Gasteiger partial charge on any atom is 0.305 e. The Morgan fingerprint density at radius 1 is 0.907 bits per heavy atom. The molecule has 43 heavy (non-hydrogen) atoms. The number of ketones is 1. The molecule has 14 heteroatoms. The van der Waals surface area contributed by atoms with Gasteiger partial charge in [-0.3, -0.25) is 19.2 Å². The summed E-state index contributed by atoms with van der Waals surface area (Å²) in [5.41, 5.74) is 0.894. The maximum atomic E-state index is 15.4. The fourth-order valence-corrected chi connectivity index (χ4v) is 6.27. The van der Waals surface area contributed by atoms with Crippen LogP contribution in [0.3, 0.4) is 0 Å². The second-order valence-corrected chi connectivity index (χ2v) is 11.5. The van der Waals surface area contributed by atoms with Crippen molar-refractivity contribution in [1.29, 1.82) is 0 Å². The molecule has 0 spiro atoms. The van der Waals surface area contributed by atoms with Crippen molar-refractivity contribution in [3.8, 4) is 17.2 Å². The fourth-order valence-electron chi connectivity index (χ4n) is 4.29. The van der Waals surface area contributed by atoms with Gasteiger partial charge in [-0.2, -0.15) is 0 Å². The van der Waals surface area contributed by atoms with E-state index in [1.54, 1.807) is 19.2 Å². The lowest BCUT2D eigenvalue weighted by Crippen LogP contribution is -2.25. The van der Waals surface area contributed by atoms with Crippen LogP contribution in [0, 0.1) is 5.82 Å². The number of carboxylic acids is 2. The van der Waals surface area contributed by atoms with Crippen molar-refractivity contribution in [1.82, 2.24) is 10.3 Å². The quantitative estimate of drug-likeness (QED) is 0.109. The number of aryl methyl sites for hydroxylation is 1. The molecule has 0 atom stereocenters. The average molecular weight is 633 g/mol. The van der Waals surface area contributed by atoms with E-state index < -0.39 is 23.5 Å². The number of Topliss-reactive ketones (excluding diaryl/α,β-unsaturated/α-hetero) is 1. The van der Waals surface area contributed by atoms with Crippen LogP contribution >= 0.6 is 22.7 Å². The molecule has 2 aromatic heterocycles. The molecule has 0 aliphatic rings. The summed E-state index contributed by atoms with van der Waals surface area (Å²) >= 11 is 2.27. The van der Waals surface area contributed by atoms with Crippen molar-refractivity contribution in [3.05, 3.63) is 45.5 Å². The number of fused-ring (bicyclic) bond motifs is 2. The molecule has 0 saturated heterocycles. The number of ether oxygens (including phenoxy) is 3. The van der Waals surface area contributed by atoms with Crippen molar-refractivity contribution < 1.29 is 48.0 Å². The summed E-state index contributed by atoms with van der Waals surface area (Å²) in [5, 5.41) is 21.0. The molecule has 1 amide bonds. The standard InChI is InChI=1S/C29H29FN2O9S2/c1-39-18-11-16-13-22(28(38)31-9-8-24(36)37)42-20(16)12-15(18)5-3-4-10-41-27-19(40-2)14-21-26(25(27)30)32-29(43-21)17(33)6-7-23(34)35/h11-14H,3-10H2,1-2H3,(H,31,38)(H,34,35)(H,36,37). The number of carboxylic acid groups (broad SMARTS) is 2. The van der Waals surface area contributed by atoms with Crippen LogP contribution in [0.25, 0.3) is 20.3 Å². The molecule has 0 fully saturated rings. The second-order valence-electron chi connectivity index (χ2n) is 9.42. The van der Waals surface area contributed by atoms with Gasteiger partial charge in [0.15, 0.2) is 28.1 Å². The fraction of sp³-hybridized carbons (Fsp3) is 0.345. The predicted octanol–water partition coefficient (Wildman–Crippen LogP) is 5.32. The monoisotopic (exact) mass is 632 g/mol. The van der Waals surface area contributed by atoms with Crippen LogP contribution in [0.1, 0.15) is 57.1 Å². The number of thiazole rings is 1. The van der Waals surface area contributed by atoms with Gasteiger partial charge >= 0.3 is 11.9 Å². The van der Waals surface area contributed by atoms with Gasteiger partial charge in [-0.15, -0.1) is 22.7 Å². The van der Waals surface area contributed by atoms with Crippen molar-refractivity contribution in [2.75, 3.05) is 27.4 Å². The highest BCUT2D eigenvalue weighted by molar-refractivity contribution is 7.21. The Bertz CT molecular complexity index is 1680. The molecule has 228 valence electrons. The van der Waals surface area contributed by atoms with Crippen LogP contribution in [-0.4, -0.2) is 66.2 Å². The average Bonchev–Trinajstić information content (AvgIpc) is 3.60. The lowest BCUT2D eigenvalue weighted by molar-refractivity contribution is -0.137. The van der Waals surface area contributed by atoms with Crippen molar-refractivity contribution in [2.24, 2.45) is 0 Å². The van der Waals surface area contributed by atoms with Gasteiger partial charge in [-0.25, -0.2) is 9.37 Å². The predicted molar refractivity (Wildman–Crippen MR) is 159 cm³/mol. The van der Waals surface area contributed by atoms with E-state index in [2.05, 4.69) is 10.3 Å². The number of nitrogens with one attached hydrogen (secondary N) is 1. The number of halogens is 1. The minimum absolute atomic E-state index is 0.0249. The number of carbonyl (C=O) groups is 4. The molecule has 0 saturated carbocycles. The summed E-state index contributed by atoms with van der Waals surface area (Å²) in [6.07, 6.45) is 1.16. The van der Waals surface area contributed by atoms with E-state index in [1.165, 1.54) is 18.4 Å². The third kappa shape index (κ3) is 7.76. The third-order valence-electron chi connectivity index (χ3n) is 6.43. The number of benzene rings is 2. The summed E-state index contributed by atoms with van der Waals surface area (Å²) < 4.78 is 33.2. The molecule has 0 radical (unpaired) electrons. The Balaban J connectivity index is 1.38. The van der Waals surface area contributed by atoms with Crippen LogP contribution in [0.5, 0.6) is 17.2 Å². The van der Waals surface area contributed by atoms with Gasteiger partial charge in [-0.1, -0.05) is 0 Å². The topological polar surface area (TPSA) is 161 Å². The molecule has 0 aliphatic heterocycles. The number of aromatic nitrogens is 1. The molecule has 0 bridgehead atoms. The van der Waals surface area contributed by atoms with Gasteiger partial charge < -0.3 is 29.7 Å². The summed E-state index contributed by atoms with van der Waals surface area (Å²) in [7, 11) is 2.94. The molecule has 11 nitrogen and oxygen atoms in total. The Labute approximate surface area is 253 Å². The first-order valence-corrected chi connectivity index (χ1v) is 14.9. The molecule has 2 aromatic carbocycles. The Morgan fingerprint density at radius 3 is 2.35 bits per heavy atom. The zero-order chi connectivity index (χ0) is 31.1. The smallest absolute Gasteiger partial charge is 0.305 e. The van der Waals surface area contributed by atoms with E-state index in [4.69, 9.17) is 24.4 Å². The van der Waals surface area contributed by atoms with Crippen LogP contribution in [0.2, 0.25) is 0 Å². The first-order chi connectivity index (χ1) is 20.6. The number of amides is 1. The zero-order valence-electron chi connectivity index (χ0n) is 23.4. The van der Waals surface area contributed by atoms with Crippen LogP contribution < -0.4 is 19.5 Å². The molecule has 0 aliphatic carbocycles. The molecule has 2 heterocycles. The minimum Gasteiger partial charge on any atom is -0.496 e. The van der Waals surface area contributed by atoms with E-state index in [1.807, 2.05) is 12.1 Å². The molecule has 0 unspecified atom stereocenters.